The minimum atomic E-state index is 0.0443. The lowest BCUT2D eigenvalue weighted by Crippen LogP contribution is -2.15. The molecule has 0 saturated carbocycles. The zero-order valence-electron chi connectivity index (χ0n) is 16.0. The normalized spacial score (nSPS) is 12.1. The Morgan fingerprint density at radius 1 is 1.07 bits per heavy atom. The summed E-state index contributed by atoms with van der Waals surface area (Å²) in [6.07, 6.45) is 0. The number of phenolic OH excluding ortho intramolecular Hbond substituents is 1. The minimum absolute atomic E-state index is 0.0443. The first-order valence-corrected chi connectivity index (χ1v) is 9.11. The molecule has 0 spiro atoms. The second-order valence-electron chi connectivity index (χ2n) is 6.88. The number of ketones is 1. The largest absolute Gasteiger partial charge is 0.508 e. The molecule has 0 fully saturated rings. The van der Waals surface area contributed by atoms with Gasteiger partial charge in [0.15, 0.2) is 5.78 Å². The van der Waals surface area contributed by atoms with Gasteiger partial charge in [-0.2, -0.15) is 0 Å². The second kappa shape index (κ2) is 8.23. The van der Waals surface area contributed by atoms with E-state index in [1.54, 1.807) is 18.2 Å². The van der Waals surface area contributed by atoms with Crippen molar-refractivity contribution in [1.29, 1.82) is 0 Å². The predicted molar refractivity (Wildman–Crippen MR) is 106 cm³/mol. The van der Waals surface area contributed by atoms with Gasteiger partial charge in [-0.15, -0.1) is 0 Å². The lowest BCUT2D eigenvalue weighted by Gasteiger charge is -2.19. The third-order valence-electron chi connectivity index (χ3n) is 4.74. The highest BCUT2D eigenvalue weighted by Crippen LogP contribution is 2.23. The van der Waals surface area contributed by atoms with Gasteiger partial charge in [-0.3, -0.25) is 4.79 Å². The highest BCUT2D eigenvalue weighted by atomic mass is 16.5. The average molecular weight is 363 g/mol. The zero-order valence-corrected chi connectivity index (χ0v) is 16.0. The molecule has 4 nitrogen and oxygen atoms in total. The van der Waals surface area contributed by atoms with Crippen LogP contribution in [-0.2, 0) is 11.3 Å². The summed E-state index contributed by atoms with van der Waals surface area (Å²) in [5, 5.41) is 9.53. The van der Waals surface area contributed by atoms with Gasteiger partial charge in [0.1, 0.15) is 5.75 Å². The van der Waals surface area contributed by atoms with Gasteiger partial charge in [0.2, 0.25) is 0 Å². The molecule has 4 heteroatoms. The number of ether oxygens (including phenoxy) is 1. The minimum Gasteiger partial charge on any atom is -0.508 e. The number of aryl methyl sites for hydroxylation is 1. The summed E-state index contributed by atoms with van der Waals surface area (Å²) in [6, 6.07) is 18.5. The zero-order chi connectivity index (χ0) is 19.4. The Labute approximate surface area is 160 Å². The standard InChI is InChI=1S/C23H25NO3/c1-16-12-22(23(26)20-9-5-4-6-10-20)18(3)24(16)17(2)14-27-15-19-8-7-11-21(25)13-19/h4-13,17,25H,14-15H2,1-3H3. The molecule has 0 aliphatic rings. The molecule has 1 N–H and O–H groups in total. The Morgan fingerprint density at radius 2 is 1.81 bits per heavy atom. The summed E-state index contributed by atoms with van der Waals surface area (Å²) >= 11 is 0. The fraction of sp³-hybridized carbons (Fsp3) is 0.261. The van der Waals surface area contributed by atoms with Gasteiger partial charge in [0.25, 0.3) is 0 Å². The Kier molecular flexibility index (Phi) is 5.77. The molecular weight excluding hydrogens is 338 g/mol. The predicted octanol–water partition coefficient (Wildman–Crippen LogP) is 4.82. The molecule has 3 rings (SSSR count). The number of nitrogens with zero attached hydrogens (tertiary/aromatic N) is 1. The molecule has 0 aliphatic carbocycles. The number of aromatic nitrogens is 1. The summed E-state index contributed by atoms with van der Waals surface area (Å²) in [4.78, 5) is 12.8. The Balaban J connectivity index is 1.71. The van der Waals surface area contributed by atoms with Crippen molar-refractivity contribution < 1.29 is 14.6 Å². The molecule has 0 saturated heterocycles. The number of hydrogen-bond acceptors (Lipinski definition) is 3. The molecule has 3 aromatic rings. The van der Waals surface area contributed by atoms with Crippen molar-refractivity contribution in [2.24, 2.45) is 0 Å². The molecule has 1 aromatic heterocycles. The third kappa shape index (κ3) is 4.29. The number of benzene rings is 2. The van der Waals surface area contributed by atoms with Crippen molar-refractivity contribution in [2.75, 3.05) is 6.61 Å². The van der Waals surface area contributed by atoms with E-state index in [9.17, 15) is 9.90 Å². The van der Waals surface area contributed by atoms with Gasteiger partial charge in [-0.05, 0) is 44.5 Å². The molecular formula is C23H25NO3. The van der Waals surface area contributed by atoms with Crippen molar-refractivity contribution in [3.63, 3.8) is 0 Å². The van der Waals surface area contributed by atoms with Crippen LogP contribution in [0.5, 0.6) is 5.75 Å². The molecule has 1 unspecified atom stereocenters. The highest BCUT2D eigenvalue weighted by molar-refractivity contribution is 6.09. The van der Waals surface area contributed by atoms with Crippen LogP contribution < -0.4 is 0 Å². The summed E-state index contributed by atoms with van der Waals surface area (Å²) in [6.45, 7) is 7.04. The molecule has 1 atom stereocenters. The quantitative estimate of drug-likeness (QED) is 0.612. The number of aromatic hydroxyl groups is 1. The van der Waals surface area contributed by atoms with Crippen molar-refractivity contribution in [3.05, 3.63) is 88.7 Å². The van der Waals surface area contributed by atoms with Crippen LogP contribution in [0.15, 0.2) is 60.7 Å². The van der Waals surface area contributed by atoms with Crippen molar-refractivity contribution >= 4 is 5.78 Å². The molecule has 1 heterocycles. The first-order chi connectivity index (χ1) is 13.0. The van der Waals surface area contributed by atoms with E-state index in [2.05, 4.69) is 11.5 Å². The van der Waals surface area contributed by atoms with Crippen LogP contribution in [0, 0.1) is 13.8 Å². The lowest BCUT2D eigenvalue weighted by atomic mass is 10.0. The van der Waals surface area contributed by atoms with Gasteiger partial charge in [-0.25, -0.2) is 0 Å². The van der Waals surface area contributed by atoms with Crippen molar-refractivity contribution in [1.82, 2.24) is 4.57 Å². The molecule has 0 aliphatic heterocycles. The van der Waals surface area contributed by atoms with Crippen LogP contribution >= 0.6 is 0 Å². The van der Waals surface area contributed by atoms with Crippen molar-refractivity contribution in [3.8, 4) is 5.75 Å². The topological polar surface area (TPSA) is 51.5 Å². The first kappa shape index (κ1) is 18.9. The van der Waals surface area contributed by atoms with Gasteiger partial charge in [0.05, 0.1) is 19.3 Å². The fourth-order valence-electron chi connectivity index (χ4n) is 3.50. The molecule has 0 bridgehead atoms. The molecule has 27 heavy (non-hydrogen) atoms. The number of hydrogen-bond donors (Lipinski definition) is 1. The lowest BCUT2D eigenvalue weighted by molar-refractivity contribution is 0.0935. The SMILES string of the molecule is Cc1cc(C(=O)c2ccccc2)c(C)n1C(C)COCc1cccc(O)c1. The number of carbonyl (C=O) groups is 1. The summed E-state index contributed by atoms with van der Waals surface area (Å²) in [5.41, 5.74) is 4.36. The monoisotopic (exact) mass is 363 g/mol. The molecule has 140 valence electrons. The van der Waals surface area contributed by atoms with Gasteiger partial charge < -0.3 is 14.4 Å². The summed E-state index contributed by atoms with van der Waals surface area (Å²) in [7, 11) is 0. The van der Waals surface area contributed by atoms with Crippen LogP contribution in [-0.4, -0.2) is 22.1 Å². The maximum Gasteiger partial charge on any atom is 0.194 e. The molecule has 2 aromatic carbocycles. The highest BCUT2D eigenvalue weighted by Gasteiger charge is 2.19. The molecule has 0 radical (unpaired) electrons. The third-order valence-corrected chi connectivity index (χ3v) is 4.74. The van der Waals surface area contributed by atoms with Crippen LogP contribution in [0.25, 0.3) is 0 Å². The van der Waals surface area contributed by atoms with E-state index in [-0.39, 0.29) is 17.6 Å². The summed E-state index contributed by atoms with van der Waals surface area (Å²) < 4.78 is 7.99. The van der Waals surface area contributed by atoms with Crippen LogP contribution in [0.2, 0.25) is 0 Å². The van der Waals surface area contributed by atoms with Crippen molar-refractivity contribution in [2.45, 2.75) is 33.4 Å². The van der Waals surface area contributed by atoms with Gasteiger partial charge in [-0.1, -0.05) is 42.5 Å². The Hall–Kier alpha value is -2.85. The van der Waals surface area contributed by atoms with Gasteiger partial charge >= 0.3 is 0 Å². The first-order valence-electron chi connectivity index (χ1n) is 9.11. The number of carbonyl (C=O) groups excluding carboxylic acids is 1. The van der Waals surface area contributed by atoms with E-state index >= 15 is 0 Å². The van der Waals surface area contributed by atoms with E-state index in [1.165, 1.54) is 0 Å². The smallest absolute Gasteiger partial charge is 0.194 e. The average Bonchev–Trinajstić information content (AvgIpc) is 2.96. The Bertz CT molecular complexity index is 928. The fourth-order valence-corrected chi connectivity index (χ4v) is 3.50. The second-order valence-corrected chi connectivity index (χ2v) is 6.88. The van der Waals surface area contributed by atoms with E-state index in [1.807, 2.05) is 56.3 Å². The number of rotatable bonds is 7. The Morgan fingerprint density at radius 3 is 2.52 bits per heavy atom. The van der Waals surface area contributed by atoms with E-state index < -0.39 is 0 Å². The maximum absolute atomic E-state index is 12.8. The van der Waals surface area contributed by atoms with Crippen LogP contribution in [0.1, 0.15) is 45.8 Å². The number of phenols is 1. The molecule has 0 amide bonds. The van der Waals surface area contributed by atoms with Gasteiger partial charge in [0, 0.05) is 22.5 Å². The van der Waals surface area contributed by atoms with E-state index in [0.717, 1.165) is 22.5 Å². The van der Waals surface area contributed by atoms with E-state index in [4.69, 9.17) is 4.74 Å². The van der Waals surface area contributed by atoms with Crippen LogP contribution in [0.3, 0.4) is 0 Å². The summed E-state index contributed by atoms with van der Waals surface area (Å²) in [5.74, 6) is 0.285. The van der Waals surface area contributed by atoms with Crippen LogP contribution in [0.4, 0.5) is 0 Å². The van der Waals surface area contributed by atoms with E-state index in [0.29, 0.717) is 18.8 Å². The maximum atomic E-state index is 12.8.